The summed E-state index contributed by atoms with van der Waals surface area (Å²) < 4.78 is 103. The Morgan fingerprint density at radius 1 is 0.639 bits per heavy atom. The van der Waals surface area contributed by atoms with Crippen LogP contribution in [-0.2, 0) is 12.5 Å². The summed E-state index contributed by atoms with van der Waals surface area (Å²) in [6.07, 6.45) is -2.73. The van der Waals surface area contributed by atoms with Crippen LogP contribution in [0.4, 0.5) is 30.7 Å². The van der Waals surface area contributed by atoms with Crippen LogP contribution in [0, 0.1) is 29.1 Å². The highest BCUT2D eigenvalue weighted by Gasteiger charge is 2.34. The van der Waals surface area contributed by atoms with Gasteiger partial charge in [-0.3, -0.25) is 0 Å². The van der Waals surface area contributed by atoms with Crippen molar-refractivity contribution in [2.24, 2.45) is 0 Å². The van der Waals surface area contributed by atoms with Gasteiger partial charge in [0, 0.05) is 5.56 Å². The van der Waals surface area contributed by atoms with Gasteiger partial charge in [-0.2, -0.15) is 8.78 Å². The Bertz CT molecular complexity index is 1360. The first-order valence-electron chi connectivity index (χ1n) is 11.0. The molecule has 0 atom stereocenters. The van der Waals surface area contributed by atoms with Gasteiger partial charge in [0.05, 0.1) is 5.56 Å². The van der Waals surface area contributed by atoms with Crippen molar-refractivity contribution in [2.45, 2.75) is 25.9 Å². The molecule has 0 fully saturated rings. The Kier molecular flexibility index (Phi) is 7.06. The van der Waals surface area contributed by atoms with Crippen LogP contribution < -0.4 is 4.74 Å². The summed E-state index contributed by atoms with van der Waals surface area (Å²) in [6.45, 7) is 1.85. The van der Waals surface area contributed by atoms with Gasteiger partial charge in [-0.25, -0.2) is 22.0 Å². The normalized spacial score (nSPS) is 11.6. The number of hydrogen-bond acceptors (Lipinski definition) is 1. The van der Waals surface area contributed by atoms with Crippen LogP contribution in [0.15, 0.2) is 72.8 Å². The number of halogens is 7. The molecule has 0 amide bonds. The molecule has 186 valence electrons. The van der Waals surface area contributed by atoms with Crippen molar-refractivity contribution >= 4 is 0 Å². The van der Waals surface area contributed by atoms with Crippen LogP contribution in [0.5, 0.6) is 5.75 Å². The monoisotopic (exact) mass is 504 g/mol. The molecule has 0 heterocycles. The predicted molar refractivity (Wildman–Crippen MR) is 122 cm³/mol. The van der Waals surface area contributed by atoms with Gasteiger partial charge in [0.25, 0.3) is 0 Å². The molecule has 0 aliphatic carbocycles. The highest BCUT2D eigenvalue weighted by atomic mass is 19.3. The van der Waals surface area contributed by atoms with E-state index in [1.54, 1.807) is 0 Å². The minimum Gasteiger partial charge on any atom is -0.429 e. The van der Waals surface area contributed by atoms with Crippen LogP contribution >= 0.6 is 0 Å². The molecule has 0 aliphatic rings. The van der Waals surface area contributed by atoms with Crippen molar-refractivity contribution in [3.63, 3.8) is 0 Å². The molecule has 4 rings (SSSR count). The highest BCUT2D eigenvalue weighted by Crippen LogP contribution is 2.35. The molecule has 0 bridgehead atoms. The molecule has 0 radical (unpaired) electrons. The summed E-state index contributed by atoms with van der Waals surface area (Å²) in [5.74, 6) is -6.59. The predicted octanol–water partition coefficient (Wildman–Crippen LogP) is 8.80. The Morgan fingerprint density at radius 2 is 1.22 bits per heavy atom. The van der Waals surface area contributed by atoms with Crippen molar-refractivity contribution in [1.29, 1.82) is 0 Å². The van der Waals surface area contributed by atoms with Gasteiger partial charge in [-0.05, 0) is 65.1 Å². The van der Waals surface area contributed by atoms with E-state index in [0.717, 1.165) is 24.3 Å². The maximum atomic E-state index is 14.7. The summed E-state index contributed by atoms with van der Waals surface area (Å²) in [7, 11) is 0. The van der Waals surface area contributed by atoms with E-state index in [1.165, 1.54) is 48.5 Å². The molecular weight excluding hydrogens is 485 g/mol. The zero-order valence-electron chi connectivity index (χ0n) is 18.9. The molecular formula is C28H19F7O. The lowest BCUT2D eigenvalue weighted by Gasteiger charge is -2.19. The van der Waals surface area contributed by atoms with E-state index >= 15 is 0 Å². The maximum Gasteiger partial charge on any atom is 0.426 e. The fourth-order valence-electron chi connectivity index (χ4n) is 3.76. The van der Waals surface area contributed by atoms with Crippen molar-refractivity contribution in [3.05, 3.63) is 113 Å². The van der Waals surface area contributed by atoms with Crippen molar-refractivity contribution in [1.82, 2.24) is 0 Å². The third-order valence-corrected chi connectivity index (χ3v) is 5.63. The first kappa shape index (κ1) is 25.3. The Hall–Kier alpha value is -3.81. The van der Waals surface area contributed by atoms with E-state index in [0.29, 0.717) is 12.8 Å². The van der Waals surface area contributed by atoms with E-state index in [4.69, 9.17) is 4.74 Å². The molecule has 36 heavy (non-hydrogen) atoms. The molecule has 1 nitrogen and oxygen atoms in total. The molecule has 0 N–H and O–H groups in total. The van der Waals surface area contributed by atoms with Crippen molar-refractivity contribution in [2.75, 3.05) is 0 Å². The number of aryl methyl sites for hydroxylation is 1. The third-order valence-electron chi connectivity index (χ3n) is 5.63. The minimum atomic E-state index is -3.78. The minimum absolute atomic E-state index is 0.00470. The smallest absolute Gasteiger partial charge is 0.426 e. The second kappa shape index (κ2) is 10.0. The van der Waals surface area contributed by atoms with E-state index in [-0.39, 0.29) is 33.6 Å². The van der Waals surface area contributed by atoms with Crippen LogP contribution in [0.3, 0.4) is 0 Å². The van der Waals surface area contributed by atoms with Gasteiger partial charge >= 0.3 is 6.11 Å². The van der Waals surface area contributed by atoms with E-state index < -0.39 is 40.8 Å². The van der Waals surface area contributed by atoms with E-state index in [2.05, 4.69) is 0 Å². The zero-order valence-corrected chi connectivity index (χ0v) is 18.9. The lowest BCUT2D eigenvalue weighted by Crippen LogP contribution is -2.21. The third kappa shape index (κ3) is 5.08. The average molecular weight is 504 g/mol. The molecule has 0 aromatic heterocycles. The van der Waals surface area contributed by atoms with Gasteiger partial charge in [-0.1, -0.05) is 49.7 Å². The Labute approximate surface area is 202 Å². The fraction of sp³-hybridized carbons (Fsp3) is 0.143. The standard InChI is InChI=1S/C28H19F7O/c1-2-3-18-8-13-22(26(32)25(18)31)17-6-11-21(12-7-17)36-28(34,35)20-9-4-16(5-10-20)19-14-23(29)27(33)24(30)15-19/h4-15H,2-3H2,1H3. The van der Waals surface area contributed by atoms with Gasteiger partial charge in [0.15, 0.2) is 29.1 Å². The van der Waals surface area contributed by atoms with Crippen LogP contribution in [0.2, 0.25) is 0 Å². The quantitative estimate of drug-likeness (QED) is 0.181. The van der Waals surface area contributed by atoms with Crippen LogP contribution in [-0.4, -0.2) is 0 Å². The zero-order chi connectivity index (χ0) is 26.0. The molecule has 0 saturated carbocycles. The second-order valence-electron chi connectivity index (χ2n) is 8.12. The molecule has 0 aliphatic heterocycles. The first-order chi connectivity index (χ1) is 17.1. The van der Waals surface area contributed by atoms with Gasteiger partial charge in [-0.15, -0.1) is 0 Å². The van der Waals surface area contributed by atoms with Crippen molar-refractivity contribution in [3.8, 4) is 28.0 Å². The number of benzene rings is 4. The maximum absolute atomic E-state index is 14.7. The SMILES string of the molecule is CCCc1ccc(-c2ccc(OC(F)(F)c3ccc(-c4cc(F)c(F)c(F)c4)cc3)cc2)c(F)c1F. The molecule has 4 aromatic carbocycles. The number of alkyl halides is 2. The van der Waals surface area contributed by atoms with Gasteiger partial charge in [0.1, 0.15) is 5.75 Å². The average Bonchev–Trinajstić information content (AvgIpc) is 2.86. The molecule has 0 unspecified atom stereocenters. The molecule has 4 aromatic rings. The molecule has 0 saturated heterocycles. The largest absolute Gasteiger partial charge is 0.429 e. The van der Waals surface area contributed by atoms with Crippen molar-refractivity contribution < 1.29 is 35.5 Å². The number of hydrogen-bond donors (Lipinski definition) is 0. The second-order valence-corrected chi connectivity index (χ2v) is 8.12. The number of ether oxygens (including phenoxy) is 1. The summed E-state index contributed by atoms with van der Waals surface area (Å²) in [5.41, 5.74) is 0.167. The lowest BCUT2D eigenvalue weighted by atomic mass is 10.0. The molecule has 0 spiro atoms. The van der Waals surface area contributed by atoms with E-state index in [9.17, 15) is 30.7 Å². The summed E-state index contributed by atoms with van der Waals surface area (Å²) >= 11 is 0. The van der Waals surface area contributed by atoms with Gasteiger partial charge in [0.2, 0.25) is 0 Å². The molecule has 8 heteroatoms. The first-order valence-corrected chi connectivity index (χ1v) is 11.0. The summed E-state index contributed by atoms with van der Waals surface area (Å²) in [5, 5.41) is 0. The summed E-state index contributed by atoms with van der Waals surface area (Å²) in [4.78, 5) is 0. The van der Waals surface area contributed by atoms with Crippen LogP contribution in [0.1, 0.15) is 24.5 Å². The number of rotatable bonds is 7. The van der Waals surface area contributed by atoms with Gasteiger partial charge < -0.3 is 4.74 Å². The van der Waals surface area contributed by atoms with Crippen LogP contribution in [0.25, 0.3) is 22.3 Å². The Morgan fingerprint density at radius 3 is 1.81 bits per heavy atom. The Balaban J connectivity index is 1.52. The topological polar surface area (TPSA) is 9.23 Å². The fourth-order valence-corrected chi connectivity index (χ4v) is 3.76. The lowest BCUT2D eigenvalue weighted by molar-refractivity contribution is -0.185. The highest BCUT2D eigenvalue weighted by molar-refractivity contribution is 5.66. The van der Waals surface area contributed by atoms with E-state index in [1.807, 2.05) is 6.92 Å². The summed E-state index contributed by atoms with van der Waals surface area (Å²) in [6, 6.07) is 14.0.